The van der Waals surface area contributed by atoms with E-state index in [0.717, 1.165) is 11.1 Å². The number of hydrogen-bond acceptors (Lipinski definition) is 4. The average Bonchev–Trinajstić information content (AvgIpc) is 2.39. The van der Waals surface area contributed by atoms with Gasteiger partial charge in [-0.15, -0.1) is 0 Å². The van der Waals surface area contributed by atoms with Crippen molar-refractivity contribution in [1.29, 1.82) is 0 Å². The number of rotatable bonds is 4. The summed E-state index contributed by atoms with van der Waals surface area (Å²) in [7, 11) is 0. The maximum atomic E-state index is 10.7. The van der Waals surface area contributed by atoms with Crippen LogP contribution in [0.15, 0.2) is 30.6 Å². The lowest BCUT2D eigenvalue weighted by atomic mass is 10.0. The topological polar surface area (TPSA) is 72.3 Å². The molecule has 0 saturated heterocycles. The number of aromatic carboxylic acids is 1. The van der Waals surface area contributed by atoms with Crippen LogP contribution in [0.1, 0.15) is 41.3 Å². The Hall–Kier alpha value is -2.43. The van der Waals surface area contributed by atoms with Crippen LogP contribution in [0.25, 0.3) is 0 Å². The van der Waals surface area contributed by atoms with Crippen molar-refractivity contribution in [3.05, 3.63) is 47.3 Å². The van der Waals surface area contributed by atoms with Crippen molar-refractivity contribution in [3.8, 4) is 11.8 Å². The standard InChI is InChI=1S/C15H16N2O3/c1-9(2)12-5-4-10(3)6-13(12)20-15-16-7-11(8-17-15)14(18)19/h4-9H,1-3H3,(H,18,19). The van der Waals surface area contributed by atoms with Gasteiger partial charge in [0.1, 0.15) is 5.75 Å². The highest BCUT2D eigenvalue weighted by Gasteiger charge is 2.11. The van der Waals surface area contributed by atoms with E-state index in [1.807, 2.05) is 25.1 Å². The van der Waals surface area contributed by atoms with Gasteiger partial charge in [-0.2, -0.15) is 0 Å². The van der Waals surface area contributed by atoms with E-state index in [1.54, 1.807) is 0 Å². The first kappa shape index (κ1) is 14.0. The number of ether oxygens (including phenoxy) is 1. The molecule has 20 heavy (non-hydrogen) atoms. The zero-order chi connectivity index (χ0) is 14.7. The number of carbonyl (C=O) groups is 1. The molecule has 0 amide bonds. The molecule has 1 aromatic heterocycles. The van der Waals surface area contributed by atoms with Gasteiger partial charge in [-0.25, -0.2) is 14.8 Å². The summed E-state index contributed by atoms with van der Waals surface area (Å²) in [6.45, 7) is 6.13. The lowest BCUT2D eigenvalue weighted by Crippen LogP contribution is -2.01. The minimum Gasteiger partial charge on any atom is -0.478 e. The van der Waals surface area contributed by atoms with E-state index in [1.165, 1.54) is 12.4 Å². The fourth-order valence-corrected chi connectivity index (χ4v) is 1.78. The van der Waals surface area contributed by atoms with Gasteiger partial charge in [-0.3, -0.25) is 0 Å². The summed E-state index contributed by atoms with van der Waals surface area (Å²) in [6.07, 6.45) is 2.46. The van der Waals surface area contributed by atoms with E-state index in [9.17, 15) is 4.79 Å². The molecule has 0 fully saturated rings. The van der Waals surface area contributed by atoms with Gasteiger partial charge in [0.2, 0.25) is 0 Å². The van der Waals surface area contributed by atoms with Gasteiger partial charge < -0.3 is 9.84 Å². The Kier molecular flexibility index (Phi) is 3.98. The normalized spacial score (nSPS) is 10.6. The minimum atomic E-state index is -1.06. The summed E-state index contributed by atoms with van der Waals surface area (Å²) in [5, 5.41) is 8.80. The van der Waals surface area contributed by atoms with Crippen LogP contribution in [-0.4, -0.2) is 21.0 Å². The van der Waals surface area contributed by atoms with Gasteiger partial charge in [0, 0.05) is 12.4 Å². The number of aryl methyl sites for hydroxylation is 1. The maximum absolute atomic E-state index is 10.7. The number of carboxylic acids is 1. The van der Waals surface area contributed by atoms with Crippen LogP contribution >= 0.6 is 0 Å². The summed E-state index contributed by atoms with van der Waals surface area (Å²) in [4.78, 5) is 18.6. The number of carboxylic acid groups (broad SMARTS) is 1. The number of aromatic nitrogens is 2. The molecular weight excluding hydrogens is 256 g/mol. The molecule has 1 heterocycles. The van der Waals surface area contributed by atoms with Crippen molar-refractivity contribution in [3.63, 3.8) is 0 Å². The SMILES string of the molecule is Cc1ccc(C(C)C)c(Oc2ncc(C(=O)O)cn2)c1. The van der Waals surface area contributed by atoms with Crippen LogP contribution in [-0.2, 0) is 0 Å². The molecule has 0 bridgehead atoms. The van der Waals surface area contributed by atoms with Gasteiger partial charge in [-0.05, 0) is 30.0 Å². The zero-order valence-electron chi connectivity index (χ0n) is 11.6. The Bertz CT molecular complexity index is 622. The molecule has 0 saturated carbocycles. The summed E-state index contributed by atoms with van der Waals surface area (Å²) in [5.74, 6) is -0.0538. The highest BCUT2D eigenvalue weighted by molar-refractivity contribution is 5.86. The van der Waals surface area contributed by atoms with Crippen molar-refractivity contribution in [2.75, 3.05) is 0 Å². The molecule has 5 nitrogen and oxygen atoms in total. The highest BCUT2D eigenvalue weighted by Crippen LogP contribution is 2.30. The maximum Gasteiger partial charge on any atom is 0.338 e. The Balaban J connectivity index is 2.29. The zero-order valence-corrected chi connectivity index (χ0v) is 11.6. The lowest BCUT2D eigenvalue weighted by Gasteiger charge is -2.13. The van der Waals surface area contributed by atoms with Crippen LogP contribution in [0.2, 0.25) is 0 Å². The molecule has 0 atom stereocenters. The third-order valence-electron chi connectivity index (χ3n) is 2.87. The van der Waals surface area contributed by atoms with Crippen molar-refractivity contribution < 1.29 is 14.6 Å². The van der Waals surface area contributed by atoms with E-state index in [0.29, 0.717) is 11.7 Å². The number of benzene rings is 1. The fraction of sp³-hybridized carbons (Fsp3) is 0.267. The van der Waals surface area contributed by atoms with E-state index < -0.39 is 5.97 Å². The van der Waals surface area contributed by atoms with Crippen LogP contribution < -0.4 is 4.74 Å². The van der Waals surface area contributed by atoms with Crippen LogP contribution in [0.5, 0.6) is 11.8 Å². The van der Waals surface area contributed by atoms with E-state index in [4.69, 9.17) is 9.84 Å². The summed E-state index contributed by atoms with van der Waals surface area (Å²) >= 11 is 0. The monoisotopic (exact) mass is 272 g/mol. The lowest BCUT2D eigenvalue weighted by molar-refractivity contribution is 0.0696. The van der Waals surface area contributed by atoms with E-state index >= 15 is 0 Å². The predicted molar refractivity (Wildman–Crippen MR) is 74.3 cm³/mol. The second-order valence-corrected chi connectivity index (χ2v) is 4.86. The first-order valence-electron chi connectivity index (χ1n) is 6.31. The van der Waals surface area contributed by atoms with Gasteiger partial charge in [0.15, 0.2) is 0 Å². The number of hydrogen-bond donors (Lipinski definition) is 1. The van der Waals surface area contributed by atoms with Crippen molar-refractivity contribution in [2.24, 2.45) is 0 Å². The van der Waals surface area contributed by atoms with E-state index in [-0.39, 0.29) is 11.6 Å². The van der Waals surface area contributed by atoms with Gasteiger partial charge >= 0.3 is 12.0 Å². The molecule has 0 spiro atoms. The number of nitrogens with zero attached hydrogens (tertiary/aromatic N) is 2. The van der Waals surface area contributed by atoms with Gasteiger partial charge in [0.25, 0.3) is 0 Å². The average molecular weight is 272 g/mol. The second kappa shape index (κ2) is 5.69. The summed E-state index contributed by atoms with van der Waals surface area (Å²) < 4.78 is 5.67. The predicted octanol–water partition coefficient (Wildman–Crippen LogP) is 3.40. The first-order valence-corrected chi connectivity index (χ1v) is 6.31. The molecule has 0 unspecified atom stereocenters. The third kappa shape index (κ3) is 3.12. The fourth-order valence-electron chi connectivity index (χ4n) is 1.78. The smallest absolute Gasteiger partial charge is 0.338 e. The molecule has 1 aromatic carbocycles. The Morgan fingerprint density at radius 2 is 1.90 bits per heavy atom. The van der Waals surface area contributed by atoms with Crippen LogP contribution in [0.4, 0.5) is 0 Å². The molecule has 1 N–H and O–H groups in total. The van der Waals surface area contributed by atoms with Gasteiger partial charge in [-0.1, -0.05) is 26.0 Å². The third-order valence-corrected chi connectivity index (χ3v) is 2.87. The summed E-state index contributed by atoms with van der Waals surface area (Å²) in [6, 6.07) is 6.10. The molecule has 2 aromatic rings. The molecule has 0 radical (unpaired) electrons. The molecule has 5 heteroatoms. The second-order valence-electron chi connectivity index (χ2n) is 4.86. The molecule has 104 valence electrons. The van der Waals surface area contributed by atoms with Crippen LogP contribution in [0.3, 0.4) is 0 Å². The largest absolute Gasteiger partial charge is 0.478 e. The van der Waals surface area contributed by atoms with Crippen molar-refractivity contribution in [1.82, 2.24) is 9.97 Å². The molecule has 0 aliphatic rings. The summed E-state index contributed by atoms with van der Waals surface area (Å²) in [5.41, 5.74) is 2.17. The van der Waals surface area contributed by atoms with Crippen LogP contribution in [0, 0.1) is 6.92 Å². The van der Waals surface area contributed by atoms with E-state index in [2.05, 4.69) is 23.8 Å². The molecular formula is C15H16N2O3. The van der Waals surface area contributed by atoms with Crippen molar-refractivity contribution >= 4 is 5.97 Å². The first-order chi connectivity index (χ1) is 9.47. The van der Waals surface area contributed by atoms with Crippen molar-refractivity contribution in [2.45, 2.75) is 26.7 Å². The highest BCUT2D eigenvalue weighted by atomic mass is 16.5. The molecule has 0 aliphatic carbocycles. The molecule has 0 aliphatic heterocycles. The quantitative estimate of drug-likeness (QED) is 0.923. The Morgan fingerprint density at radius 1 is 1.25 bits per heavy atom. The van der Waals surface area contributed by atoms with Gasteiger partial charge in [0.05, 0.1) is 5.56 Å². The molecule has 2 rings (SSSR count). The minimum absolute atomic E-state index is 0.0330. The Morgan fingerprint density at radius 3 is 2.45 bits per heavy atom. The Labute approximate surface area is 117 Å².